The van der Waals surface area contributed by atoms with Gasteiger partial charge in [-0.2, -0.15) is 0 Å². The van der Waals surface area contributed by atoms with Crippen molar-refractivity contribution in [3.8, 4) is 0 Å². The first-order chi connectivity index (χ1) is 11.6. The quantitative estimate of drug-likeness (QED) is 0.740. The molecule has 1 heterocycles. The first kappa shape index (κ1) is 19.4. The van der Waals surface area contributed by atoms with Crippen molar-refractivity contribution in [1.29, 1.82) is 0 Å². The Balaban J connectivity index is 2.13. The van der Waals surface area contributed by atoms with Gasteiger partial charge in [0.25, 0.3) is 0 Å². The van der Waals surface area contributed by atoms with Crippen LogP contribution in [0.2, 0.25) is 0 Å². The number of hydrogen-bond acceptors (Lipinski definition) is 5. The summed E-state index contributed by atoms with van der Waals surface area (Å²) in [6, 6.07) is 5.81. The molecule has 7 nitrogen and oxygen atoms in total. The van der Waals surface area contributed by atoms with Gasteiger partial charge in [-0.15, -0.1) is 0 Å². The summed E-state index contributed by atoms with van der Waals surface area (Å²) in [6.07, 6.45) is 1.29. The lowest BCUT2D eigenvalue weighted by atomic mass is 10.1. The van der Waals surface area contributed by atoms with E-state index in [-0.39, 0.29) is 23.1 Å². The van der Waals surface area contributed by atoms with E-state index in [0.717, 1.165) is 18.4 Å². The van der Waals surface area contributed by atoms with Crippen molar-refractivity contribution in [2.75, 3.05) is 47.0 Å². The topological polar surface area (TPSA) is 78.0 Å². The molecule has 25 heavy (non-hydrogen) atoms. The molecule has 1 aliphatic heterocycles. The molecule has 1 fully saturated rings. The molecule has 0 bridgehead atoms. The lowest BCUT2D eigenvalue weighted by Crippen LogP contribution is -2.59. The van der Waals surface area contributed by atoms with Crippen molar-refractivity contribution in [2.24, 2.45) is 0 Å². The normalized spacial score (nSPS) is 18.9. The summed E-state index contributed by atoms with van der Waals surface area (Å²) in [4.78, 5) is 30.5. The smallest absolute Gasteiger partial charge is 0.246 e. The zero-order valence-electron chi connectivity index (χ0n) is 15.1. The average Bonchev–Trinajstić information content (AvgIpc) is 2.53. The molecule has 1 aromatic rings. The number of piperazine rings is 1. The van der Waals surface area contributed by atoms with E-state index in [0.29, 0.717) is 13.1 Å². The summed E-state index contributed by atoms with van der Waals surface area (Å²) >= 11 is 0. The second kappa shape index (κ2) is 7.53. The van der Waals surface area contributed by atoms with Gasteiger partial charge in [0.05, 0.1) is 11.3 Å². The van der Waals surface area contributed by atoms with Crippen LogP contribution in [0.4, 0.5) is 0 Å². The molecule has 1 aromatic carbocycles. The lowest BCUT2D eigenvalue weighted by molar-refractivity contribution is -0.147. The molecule has 0 N–H and O–H groups in total. The number of rotatable bonds is 4. The standard InChI is InChI=1S/C17H25N3O4S/c1-18(2)17(22)15-12-19(3)9-10-20(15)16(21)11-13-5-7-14(8-6-13)25(4,23)24/h5-8,15H,9-12H2,1-4H3/t15-/m0/s1. The fourth-order valence-electron chi connectivity index (χ4n) is 2.86. The fraction of sp³-hybridized carbons (Fsp3) is 0.529. The second-order valence-corrected chi connectivity index (χ2v) is 8.71. The van der Waals surface area contributed by atoms with Gasteiger partial charge < -0.3 is 14.7 Å². The summed E-state index contributed by atoms with van der Waals surface area (Å²) < 4.78 is 23.0. The number of carbonyl (C=O) groups excluding carboxylic acids is 2. The van der Waals surface area contributed by atoms with E-state index in [1.165, 1.54) is 17.0 Å². The van der Waals surface area contributed by atoms with Gasteiger partial charge in [0.15, 0.2) is 9.84 Å². The Morgan fingerprint density at radius 3 is 2.28 bits per heavy atom. The number of hydrogen-bond donors (Lipinski definition) is 0. The van der Waals surface area contributed by atoms with Crippen LogP contribution in [-0.4, -0.2) is 88.0 Å². The van der Waals surface area contributed by atoms with E-state index in [1.807, 2.05) is 11.9 Å². The van der Waals surface area contributed by atoms with Crippen LogP contribution in [0.1, 0.15) is 5.56 Å². The van der Waals surface area contributed by atoms with Crippen LogP contribution in [0.25, 0.3) is 0 Å². The molecule has 0 radical (unpaired) electrons. The maximum Gasteiger partial charge on any atom is 0.246 e. The number of amides is 2. The molecule has 1 atom stereocenters. The van der Waals surface area contributed by atoms with Crippen molar-refractivity contribution in [2.45, 2.75) is 17.4 Å². The predicted molar refractivity (Wildman–Crippen MR) is 94.9 cm³/mol. The third-order valence-corrected chi connectivity index (χ3v) is 5.46. The van der Waals surface area contributed by atoms with Gasteiger partial charge in [0.1, 0.15) is 6.04 Å². The Bertz CT molecular complexity index is 744. The molecular weight excluding hydrogens is 342 g/mol. The minimum atomic E-state index is -3.26. The zero-order chi connectivity index (χ0) is 18.8. The van der Waals surface area contributed by atoms with Crippen LogP contribution in [-0.2, 0) is 25.8 Å². The van der Waals surface area contributed by atoms with Crippen LogP contribution in [0.5, 0.6) is 0 Å². The molecule has 2 amide bonds. The summed E-state index contributed by atoms with van der Waals surface area (Å²) in [6.45, 7) is 1.73. The molecule has 8 heteroatoms. The van der Waals surface area contributed by atoms with E-state index < -0.39 is 15.9 Å². The maximum absolute atomic E-state index is 12.7. The molecule has 0 aliphatic carbocycles. The first-order valence-electron chi connectivity index (χ1n) is 8.08. The van der Waals surface area contributed by atoms with Crippen LogP contribution >= 0.6 is 0 Å². The van der Waals surface area contributed by atoms with E-state index >= 15 is 0 Å². The van der Waals surface area contributed by atoms with Crippen LogP contribution in [0.15, 0.2) is 29.2 Å². The number of carbonyl (C=O) groups is 2. The summed E-state index contributed by atoms with van der Waals surface area (Å²) in [5, 5.41) is 0. The Morgan fingerprint density at radius 2 is 1.76 bits per heavy atom. The monoisotopic (exact) mass is 367 g/mol. The fourth-order valence-corrected chi connectivity index (χ4v) is 3.49. The van der Waals surface area contributed by atoms with Crippen molar-refractivity contribution < 1.29 is 18.0 Å². The molecule has 0 unspecified atom stereocenters. The number of benzene rings is 1. The van der Waals surface area contributed by atoms with Gasteiger partial charge in [0, 0.05) is 40.0 Å². The van der Waals surface area contributed by atoms with Crippen LogP contribution in [0.3, 0.4) is 0 Å². The molecule has 0 saturated carbocycles. The predicted octanol–water partition coefficient (Wildman–Crippen LogP) is -0.137. The van der Waals surface area contributed by atoms with Crippen LogP contribution in [0, 0.1) is 0 Å². The van der Waals surface area contributed by atoms with Crippen molar-refractivity contribution >= 4 is 21.7 Å². The Kier molecular flexibility index (Phi) is 5.84. The average molecular weight is 367 g/mol. The molecule has 138 valence electrons. The Hall–Kier alpha value is -1.93. The van der Waals surface area contributed by atoms with Gasteiger partial charge in [0.2, 0.25) is 11.8 Å². The number of likely N-dealkylation sites (N-methyl/N-ethyl adjacent to an activating group) is 2. The molecular formula is C17H25N3O4S. The number of sulfone groups is 1. The van der Waals surface area contributed by atoms with Crippen LogP contribution < -0.4 is 0 Å². The zero-order valence-corrected chi connectivity index (χ0v) is 15.9. The Morgan fingerprint density at radius 1 is 1.16 bits per heavy atom. The largest absolute Gasteiger partial charge is 0.347 e. The molecule has 0 aromatic heterocycles. The molecule has 1 saturated heterocycles. The highest BCUT2D eigenvalue weighted by molar-refractivity contribution is 7.90. The minimum Gasteiger partial charge on any atom is -0.347 e. The first-order valence-corrected chi connectivity index (χ1v) is 9.97. The Labute approximate surface area is 149 Å². The van der Waals surface area contributed by atoms with Gasteiger partial charge in [-0.3, -0.25) is 9.59 Å². The third kappa shape index (κ3) is 4.79. The lowest BCUT2D eigenvalue weighted by Gasteiger charge is -2.40. The van der Waals surface area contributed by atoms with Crippen molar-refractivity contribution in [3.63, 3.8) is 0 Å². The summed E-state index contributed by atoms with van der Waals surface area (Å²) in [5.74, 6) is -0.215. The minimum absolute atomic E-state index is 0.0904. The van der Waals surface area contributed by atoms with E-state index in [9.17, 15) is 18.0 Å². The van der Waals surface area contributed by atoms with E-state index in [1.54, 1.807) is 31.1 Å². The van der Waals surface area contributed by atoms with Gasteiger partial charge in [-0.25, -0.2) is 8.42 Å². The van der Waals surface area contributed by atoms with Crippen molar-refractivity contribution in [3.05, 3.63) is 29.8 Å². The summed E-state index contributed by atoms with van der Waals surface area (Å²) in [7, 11) is 2.05. The van der Waals surface area contributed by atoms with Gasteiger partial charge in [-0.05, 0) is 24.7 Å². The van der Waals surface area contributed by atoms with Gasteiger partial charge >= 0.3 is 0 Å². The second-order valence-electron chi connectivity index (χ2n) is 6.69. The molecule has 0 spiro atoms. The summed E-state index contributed by atoms with van der Waals surface area (Å²) in [5.41, 5.74) is 0.729. The SMILES string of the molecule is CN1CCN(C(=O)Cc2ccc(S(C)(=O)=O)cc2)[C@H](C(=O)N(C)C)C1. The van der Waals surface area contributed by atoms with Crippen molar-refractivity contribution in [1.82, 2.24) is 14.7 Å². The third-order valence-electron chi connectivity index (χ3n) is 4.34. The maximum atomic E-state index is 12.7. The van der Waals surface area contributed by atoms with E-state index in [4.69, 9.17) is 0 Å². The number of nitrogens with zero attached hydrogens (tertiary/aromatic N) is 3. The highest BCUT2D eigenvalue weighted by Crippen LogP contribution is 2.15. The van der Waals surface area contributed by atoms with E-state index in [2.05, 4.69) is 0 Å². The highest BCUT2D eigenvalue weighted by Gasteiger charge is 2.34. The molecule has 2 rings (SSSR count). The van der Waals surface area contributed by atoms with Gasteiger partial charge in [-0.1, -0.05) is 12.1 Å². The highest BCUT2D eigenvalue weighted by atomic mass is 32.2. The molecule has 1 aliphatic rings.